The van der Waals surface area contributed by atoms with Gasteiger partial charge < -0.3 is 33.3 Å². The first-order valence-corrected chi connectivity index (χ1v) is 20.8. The lowest BCUT2D eigenvalue weighted by Crippen LogP contribution is -2.32. The molecule has 15 heteroatoms. The Morgan fingerprint density at radius 3 is 1.15 bits per heavy atom. The van der Waals surface area contributed by atoms with Crippen LogP contribution in [0.2, 0.25) is 0 Å². The molecule has 4 aromatic heterocycles. The summed E-state index contributed by atoms with van der Waals surface area (Å²) in [5, 5.41) is 8.02. The standard InChI is InChI=1S/C37H51N3O8S4/c1-29(45-17-19-47-36(41)39(25-32-9-5-21-49-32)26-33-10-6-22-50-33)43-15-13-31(38(3)4)14-16-44-30(2)46-18-20-48-37(42)40(27-34-11-7-23-51-34)28-35-12-8-24-52-35/h5-12,21-24,29-31H,13-20,25-28H2,1-4H3. The zero-order valence-electron chi connectivity index (χ0n) is 30.4. The second kappa shape index (κ2) is 23.7. The highest BCUT2D eigenvalue weighted by molar-refractivity contribution is 7.10. The molecule has 2 amide bonds. The largest absolute Gasteiger partial charge is 0.447 e. The number of rotatable bonds is 25. The van der Waals surface area contributed by atoms with E-state index in [-0.39, 0.29) is 44.7 Å². The predicted molar refractivity (Wildman–Crippen MR) is 208 cm³/mol. The van der Waals surface area contributed by atoms with Gasteiger partial charge in [0, 0.05) is 25.6 Å². The van der Waals surface area contributed by atoms with Crippen LogP contribution in [0, 0.1) is 0 Å². The van der Waals surface area contributed by atoms with E-state index >= 15 is 0 Å². The lowest BCUT2D eigenvalue weighted by atomic mass is 10.1. The minimum Gasteiger partial charge on any atom is -0.447 e. The van der Waals surface area contributed by atoms with Crippen molar-refractivity contribution in [2.45, 2.75) is 71.5 Å². The fourth-order valence-corrected chi connectivity index (χ4v) is 7.98. The van der Waals surface area contributed by atoms with Crippen LogP contribution >= 0.6 is 45.3 Å². The van der Waals surface area contributed by atoms with Crippen molar-refractivity contribution in [2.24, 2.45) is 0 Å². The number of hydrogen-bond donors (Lipinski definition) is 0. The summed E-state index contributed by atoms with van der Waals surface area (Å²) in [4.78, 5) is 35.7. The van der Waals surface area contributed by atoms with Crippen LogP contribution in [0.1, 0.15) is 46.2 Å². The van der Waals surface area contributed by atoms with E-state index in [1.54, 1.807) is 55.1 Å². The number of nitrogens with zero attached hydrogens (tertiary/aromatic N) is 3. The molecule has 0 aliphatic heterocycles. The molecule has 4 rings (SSSR count). The highest BCUT2D eigenvalue weighted by Gasteiger charge is 2.19. The van der Waals surface area contributed by atoms with Crippen molar-refractivity contribution in [1.29, 1.82) is 0 Å². The summed E-state index contributed by atoms with van der Waals surface area (Å²) in [7, 11) is 4.07. The number of amides is 2. The van der Waals surface area contributed by atoms with Gasteiger partial charge in [-0.2, -0.15) is 0 Å². The fourth-order valence-electron chi connectivity index (χ4n) is 5.10. The Bertz CT molecular complexity index is 1310. The van der Waals surface area contributed by atoms with Crippen molar-refractivity contribution < 1.29 is 38.0 Å². The second-order valence-electron chi connectivity index (χ2n) is 12.1. The fraction of sp³-hybridized carbons (Fsp3) is 0.514. The van der Waals surface area contributed by atoms with E-state index < -0.39 is 12.6 Å². The molecule has 0 radical (unpaired) electrons. The van der Waals surface area contributed by atoms with Crippen LogP contribution in [-0.2, 0) is 54.6 Å². The Balaban J connectivity index is 1.05. The van der Waals surface area contributed by atoms with Gasteiger partial charge in [-0.3, -0.25) is 9.80 Å². The SMILES string of the molecule is CC(OCCOC(=O)N(Cc1cccs1)Cc1cccs1)OCCC(CCOC(C)OCCOC(=O)N(Cc1cccs1)Cc1cccs1)N(C)C. The van der Waals surface area contributed by atoms with Crippen LogP contribution in [0.4, 0.5) is 9.59 Å². The summed E-state index contributed by atoms with van der Waals surface area (Å²) in [5.74, 6) is 0. The maximum atomic E-state index is 12.9. The quantitative estimate of drug-likeness (QED) is 0.0484. The van der Waals surface area contributed by atoms with Crippen molar-refractivity contribution in [1.82, 2.24) is 14.7 Å². The zero-order valence-corrected chi connectivity index (χ0v) is 33.7. The topological polar surface area (TPSA) is 99.2 Å². The molecule has 0 bridgehead atoms. The van der Waals surface area contributed by atoms with Gasteiger partial charge in [-0.25, -0.2) is 9.59 Å². The molecule has 0 aromatic carbocycles. The molecule has 2 atom stereocenters. The van der Waals surface area contributed by atoms with Gasteiger partial charge in [-0.1, -0.05) is 24.3 Å². The van der Waals surface area contributed by atoms with E-state index in [0.717, 1.165) is 32.4 Å². The van der Waals surface area contributed by atoms with Crippen LogP contribution < -0.4 is 0 Å². The molecule has 4 aromatic rings. The van der Waals surface area contributed by atoms with Crippen molar-refractivity contribution in [3.05, 3.63) is 89.6 Å². The van der Waals surface area contributed by atoms with Crippen molar-refractivity contribution in [3.8, 4) is 0 Å². The maximum Gasteiger partial charge on any atom is 0.410 e. The third-order valence-electron chi connectivity index (χ3n) is 7.88. The van der Waals surface area contributed by atoms with Gasteiger partial charge >= 0.3 is 12.2 Å². The number of carbonyl (C=O) groups excluding carboxylic acids is 2. The smallest absolute Gasteiger partial charge is 0.410 e. The van der Waals surface area contributed by atoms with E-state index in [9.17, 15) is 9.59 Å². The predicted octanol–water partition coefficient (Wildman–Crippen LogP) is 8.38. The molecule has 11 nitrogen and oxygen atoms in total. The summed E-state index contributed by atoms with van der Waals surface area (Å²) >= 11 is 6.47. The van der Waals surface area contributed by atoms with Crippen LogP contribution in [0.3, 0.4) is 0 Å². The maximum absolute atomic E-state index is 12.9. The molecule has 0 N–H and O–H groups in total. The first-order chi connectivity index (χ1) is 25.3. The Morgan fingerprint density at radius 1 is 0.538 bits per heavy atom. The van der Waals surface area contributed by atoms with Gasteiger partial charge in [0.25, 0.3) is 0 Å². The summed E-state index contributed by atoms with van der Waals surface area (Å²) in [5.41, 5.74) is 0. The molecule has 4 heterocycles. The second-order valence-corrected chi connectivity index (χ2v) is 16.2. The Labute approximate surface area is 323 Å². The molecule has 286 valence electrons. The Kier molecular flexibility index (Phi) is 19.1. The van der Waals surface area contributed by atoms with E-state index in [0.29, 0.717) is 39.4 Å². The Hall–Kier alpha value is -2.86. The molecular formula is C37H51N3O8S4. The van der Waals surface area contributed by atoms with Gasteiger partial charge in [-0.05, 0) is 86.6 Å². The normalized spacial score (nSPS) is 13.2. The van der Waals surface area contributed by atoms with Gasteiger partial charge in [-0.15, -0.1) is 45.3 Å². The number of ether oxygens (including phenoxy) is 6. The van der Waals surface area contributed by atoms with Gasteiger partial charge in [0.15, 0.2) is 12.6 Å². The van der Waals surface area contributed by atoms with E-state index in [4.69, 9.17) is 28.4 Å². The first kappa shape index (κ1) is 41.9. The van der Waals surface area contributed by atoms with E-state index in [2.05, 4.69) is 4.90 Å². The first-order valence-electron chi connectivity index (χ1n) is 17.3. The van der Waals surface area contributed by atoms with E-state index in [1.807, 2.05) is 98.0 Å². The van der Waals surface area contributed by atoms with Gasteiger partial charge in [0.2, 0.25) is 0 Å². The average molecular weight is 794 g/mol. The highest BCUT2D eigenvalue weighted by atomic mass is 32.1. The van der Waals surface area contributed by atoms with Crippen LogP contribution in [0.25, 0.3) is 0 Å². The van der Waals surface area contributed by atoms with Crippen LogP contribution in [0.5, 0.6) is 0 Å². The molecular weight excluding hydrogens is 743 g/mol. The highest BCUT2D eigenvalue weighted by Crippen LogP contribution is 2.20. The number of hydrogen-bond acceptors (Lipinski definition) is 13. The number of carbonyl (C=O) groups is 2. The van der Waals surface area contributed by atoms with Crippen molar-refractivity contribution in [2.75, 3.05) is 53.7 Å². The molecule has 0 saturated carbocycles. The van der Waals surface area contributed by atoms with Gasteiger partial charge in [0.1, 0.15) is 13.2 Å². The summed E-state index contributed by atoms with van der Waals surface area (Å²) < 4.78 is 34.4. The Morgan fingerprint density at radius 2 is 0.865 bits per heavy atom. The van der Waals surface area contributed by atoms with E-state index in [1.165, 1.54) is 0 Å². The number of thiophene rings is 4. The third kappa shape index (κ3) is 16.0. The molecule has 0 saturated heterocycles. The molecule has 0 aliphatic rings. The monoisotopic (exact) mass is 793 g/mol. The van der Waals surface area contributed by atoms with Gasteiger partial charge in [0.05, 0.1) is 52.6 Å². The summed E-state index contributed by atoms with van der Waals surface area (Å²) in [6.45, 7) is 7.47. The zero-order chi connectivity index (χ0) is 37.0. The summed E-state index contributed by atoms with van der Waals surface area (Å²) in [6.07, 6.45) is -0.0270. The molecule has 0 spiro atoms. The molecule has 0 fully saturated rings. The third-order valence-corrected chi connectivity index (χ3v) is 11.3. The van der Waals surface area contributed by atoms with Crippen LogP contribution in [-0.4, -0.2) is 99.2 Å². The summed E-state index contributed by atoms with van der Waals surface area (Å²) in [6, 6.07) is 16.2. The van der Waals surface area contributed by atoms with Crippen molar-refractivity contribution >= 4 is 57.5 Å². The average Bonchev–Trinajstić information content (AvgIpc) is 3.97. The molecule has 0 aliphatic carbocycles. The molecule has 2 unspecified atom stereocenters. The minimum absolute atomic E-state index is 0.141. The molecule has 52 heavy (non-hydrogen) atoms. The van der Waals surface area contributed by atoms with Crippen LogP contribution in [0.15, 0.2) is 70.1 Å². The lowest BCUT2D eigenvalue weighted by Gasteiger charge is -2.26. The van der Waals surface area contributed by atoms with Crippen molar-refractivity contribution in [3.63, 3.8) is 0 Å². The lowest BCUT2D eigenvalue weighted by molar-refractivity contribution is -0.144. The minimum atomic E-state index is -0.438.